The molecule has 7 nitrogen and oxygen atoms in total. The largest absolute Gasteiger partial charge is 0.481 e. The Balaban J connectivity index is 4.75. The molecule has 0 aromatic heterocycles. The summed E-state index contributed by atoms with van der Waals surface area (Å²) in [6.45, 7) is 9.97. The van der Waals surface area contributed by atoms with E-state index >= 15 is 0 Å². The molecule has 7 heteroatoms. The van der Waals surface area contributed by atoms with Crippen molar-refractivity contribution in [3.63, 3.8) is 0 Å². The number of nitrogens with zero attached hydrogens (tertiary/aromatic N) is 1. The lowest BCUT2D eigenvalue weighted by molar-refractivity contribution is -0.929. The van der Waals surface area contributed by atoms with Gasteiger partial charge in [0, 0.05) is 19.3 Å². The third kappa shape index (κ3) is 18.4. The molecule has 0 saturated heterocycles. The molecular formula is C31H58NO6+. The summed E-state index contributed by atoms with van der Waals surface area (Å²) in [5.41, 5.74) is 0. The van der Waals surface area contributed by atoms with Crippen LogP contribution < -0.4 is 0 Å². The van der Waals surface area contributed by atoms with Crippen molar-refractivity contribution in [1.82, 2.24) is 0 Å². The van der Waals surface area contributed by atoms with Gasteiger partial charge in [-0.05, 0) is 32.6 Å². The molecule has 0 aliphatic rings. The molecule has 0 aromatic rings. The first kappa shape index (κ1) is 36.1. The van der Waals surface area contributed by atoms with Crippen molar-refractivity contribution >= 4 is 17.9 Å². The minimum absolute atomic E-state index is 0.477. The van der Waals surface area contributed by atoms with E-state index in [0.29, 0.717) is 43.4 Å². The highest BCUT2D eigenvalue weighted by Crippen LogP contribution is 2.22. The van der Waals surface area contributed by atoms with E-state index in [1.807, 2.05) is 0 Å². The van der Waals surface area contributed by atoms with Crippen LogP contribution in [-0.2, 0) is 14.4 Å². The number of carbonyl (C=O) groups is 3. The molecule has 3 atom stereocenters. The minimum Gasteiger partial charge on any atom is -0.481 e. The standard InChI is InChI=1S/C31H57NO6/c1-5-6-7-8-9-10-11-12-13-14-15-16-17-18-22-32(23-19-26(2)29(33)34,24-20-27(3)30(35)36)25-21-28(4)31(37)38/h5-6,26-28H,7-25H2,1-4H3,(H2-,33,34,35,36,37,38)/p+1/b6-5+. The van der Waals surface area contributed by atoms with E-state index in [-0.39, 0.29) is 0 Å². The fourth-order valence-electron chi connectivity index (χ4n) is 4.91. The van der Waals surface area contributed by atoms with Crippen LogP contribution >= 0.6 is 0 Å². The average Bonchev–Trinajstić information content (AvgIpc) is 2.88. The summed E-state index contributed by atoms with van der Waals surface area (Å²) < 4.78 is 0.612. The molecule has 0 heterocycles. The van der Waals surface area contributed by atoms with Gasteiger partial charge in [-0.1, -0.05) is 84.3 Å². The number of carboxylic acid groups (broad SMARTS) is 3. The highest BCUT2D eigenvalue weighted by molar-refractivity contribution is 5.70. The molecule has 0 saturated carbocycles. The van der Waals surface area contributed by atoms with Crippen molar-refractivity contribution in [3.05, 3.63) is 12.2 Å². The molecule has 0 aliphatic heterocycles. The summed E-state index contributed by atoms with van der Waals surface area (Å²) in [5, 5.41) is 28.2. The van der Waals surface area contributed by atoms with Gasteiger partial charge >= 0.3 is 17.9 Å². The Bertz CT molecular complexity index is 617. The van der Waals surface area contributed by atoms with E-state index in [1.165, 1.54) is 64.2 Å². The van der Waals surface area contributed by atoms with Crippen molar-refractivity contribution in [2.75, 3.05) is 26.2 Å². The first-order valence-electron chi connectivity index (χ1n) is 15.2. The molecule has 0 aromatic carbocycles. The Labute approximate surface area is 232 Å². The van der Waals surface area contributed by atoms with Gasteiger partial charge in [-0.15, -0.1) is 0 Å². The van der Waals surface area contributed by atoms with E-state index in [0.717, 1.165) is 19.4 Å². The van der Waals surface area contributed by atoms with Crippen molar-refractivity contribution in [2.45, 2.75) is 124 Å². The van der Waals surface area contributed by atoms with E-state index in [2.05, 4.69) is 19.1 Å². The summed E-state index contributed by atoms with van der Waals surface area (Å²) in [6, 6.07) is 0. The molecule has 222 valence electrons. The molecule has 3 unspecified atom stereocenters. The Morgan fingerprint density at radius 3 is 1.18 bits per heavy atom. The van der Waals surface area contributed by atoms with E-state index in [9.17, 15) is 29.7 Å². The average molecular weight is 541 g/mol. The molecule has 0 fully saturated rings. The van der Waals surface area contributed by atoms with Crippen LogP contribution in [-0.4, -0.2) is 63.9 Å². The van der Waals surface area contributed by atoms with E-state index < -0.39 is 35.7 Å². The lowest BCUT2D eigenvalue weighted by Crippen LogP contribution is -2.52. The van der Waals surface area contributed by atoms with Gasteiger partial charge < -0.3 is 19.8 Å². The number of aliphatic carboxylic acids is 3. The number of unbranched alkanes of at least 4 members (excludes halogenated alkanes) is 11. The zero-order valence-electron chi connectivity index (χ0n) is 24.8. The molecule has 0 bridgehead atoms. The molecule has 0 aliphatic carbocycles. The van der Waals surface area contributed by atoms with Crippen LogP contribution in [0.25, 0.3) is 0 Å². The second kappa shape index (κ2) is 22.0. The third-order valence-corrected chi connectivity index (χ3v) is 8.11. The molecular weight excluding hydrogens is 482 g/mol. The number of rotatable bonds is 26. The maximum atomic E-state index is 11.5. The number of hydrogen-bond acceptors (Lipinski definition) is 3. The van der Waals surface area contributed by atoms with Gasteiger partial charge in [-0.3, -0.25) is 14.4 Å². The van der Waals surface area contributed by atoms with Gasteiger partial charge in [0.05, 0.1) is 43.9 Å². The van der Waals surface area contributed by atoms with Crippen molar-refractivity contribution in [2.24, 2.45) is 17.8 Å². The maximum Gasteiger partial charge on any atom is 0.306 e. The molecule has 3 N–H and O–H groups in total. The van der Waals surface area contributed by atoms with Crippen molar-refractivity contribution in [3.8, 4) is 0 Å². The lowest BCUT2D eigenvalue weighted by atomic mass is 10.0. The Morgan fingerprint density at radius 2 is 0.868 bits per heavy atom. The summed E-state index contributed by atoms with van der Waals surface area (Å²) in [4.78, 5) is 34.4. The van der Waals surface area contributed by atoms with Crippen LogP contribution in [0.4, 0.5) is 0 Å². The molecule has 0 radical (unpaired) electrons. The van der Waals surface area contributed by atoms with Gasteiger partial charge in [0.25, 0.3) is 0 Å². The number of carboxylic acids is 3. The second-order valence-corrected chi connectivity index (χ2v) is 11.6. The first-order valence-corrected chi connectivity index (χ1v) is 15.2. The molecule has 38 heavy (non-hydrogen) atoms. The van der Waals surface area contributed by atoms with Gasteiger partial charge in [0.2, 0.25) is 0 Å². The number of allylic oxidation sites excluding steroid dienone is 2. The van der Waals surface area contributed by atoms with Crippen LogP contribution in [0.5, 0.6) is 0 Å². The topological polar surface area (TPSA) is 112 Å². The first-order chi connectivity index (χ1) is 18.0. The zero-order chi connectivity index (χ0) is 28.8. The molecule has 0 spiro atoms. The second-order valence-electron chi connectivity index (χ2n) is 11.6. The van der Waals surface area contributed by atoms with Crippen molar-refractivity contribution < 1.29 is 34.2 Å². The van der Waals surface area contributed by atoms with E-state index in [4.69, 9.17) is 0 Å². The minimum atomic E-state index is -0.824. The lowest BCUT2D eigenvalue weighted by Gasteiger charge is -2.40. The van der Waals surface area contributed by atoms with Gasteiger partial charge in [-0.25, -0.2) is 0 Å². The normalized spacial score (nSPS) is 15.7. The summed E-state index contributed by atoms with van der Waals surface area (Å²) >= 11 is 0. The fourth-order valence-corrected chi connectivity index (χ4v) is 4.91. The number of hydrogen-bond donors (Lipinski definition) is 3. The highest BCUT2D eigenvalue weighted by Gasteiger charge is 2.31. The number of quaternary nitrogens is 1. The van der Waals surface area contributed by atoms with Gasteiger partial charge in [0.1, 0.15) is 0 Å². The van der Waals surface area contributed by atoms with Crippen LogP contribution in [0, 0.1) is 17.8 Å². The predicted molar refractivity (Wildman–Crippen MR) is 154 cm³/mol. The van der Waals surface area contributed by atoms with Crippen molar-refractivity contribution in [1.29, 1.82) is 0 Å². The Kier molecular flexibility index (Phi) is 20.9. The monoisotopic (exact) mass is 540 g/mol. The third-order valence-electron chi connectivity index (χ3n) is 8.11. The van der Waals surface area contributed by atoms with Crippen LogP contribution in [0.2, 0.25) is 0 Å². The predicted octanol–water partition coefficient (Wildman–Crippen LogP) is 7.39. The van der Waals surface area contributed by atoms with Crippen LogP contribution in [0.1, 0.15) is 124 Å². The Hall–Kier alpha value is -1.89. The van der Waals surface area contributed by atoms with Crippen LogP contribution in [0.15, 0.2) is 12.2 Å². The molecule has 0 amide bonds. The summed E-state index contributed by atoms with van der Waals surface area (Å²) in [5.74, 6) is -3.91. The molecule has 0 rings (SSSR count). The van der Waals surface area contributed by atoms with Crippen LogP contribution in [0.3, 0.4) is 0 Å². The maximum absolute atomic E-state index is 11.5. The highest BCUT2D eigenvalue weighted by atomic mass is 16.4. The quantitative estimate of drug-likeness (QED) is 0.0599. The SMILES string of the molecule is C/C=C/CCCCCCCCCCCCC[N+](CCC(C)C(=O)O)(CCC(C)C(=O)O)CCC(C)C(=O)O. The Morgan fingerprint density at radius 1 is 0.553 bits per heavy atom. The zero-order valence-corrected chi connectivity index (χ0v) is 24.8. The summed E-state index contributed by atoms with van der Waals surface area (Å²) in [7, 11) is 0. The van der Waals surface area contributed by atoms with Gasteiger partial charge in [-0.2, -0.15) is 0 Å². The summed E-state index contributed by atoms with van der Waals surface area (Å²) in [6.07, 6.45) is 20.7. The van der Waals surface area contributed by atoms with E-state index in [1.54, 1.807) is 20.8 Å². The fraction of sp³-hybridized carbons (Fsp3) is 0.839. The van der Waals surface area contributed by atoms with Gasteiger partial charge in [0.15, 0.2) is 0 Å². The smallest absolute Gasteiger partial charge is 0.306 e.